The number of aromatic nitrogens is 3. The molecule has 3 N–H and O–H groups in total. The molecule has 1 amide bonds. The molecule has 0 unspecified atom stereocenters. The molecule has 7 nitrogen and oxygen atoms in total. The number of carbonyl (C=O) groups is 1. The van der Waals surface area contributed by atoms with Gasteiger partial charge in [-0.15, -0.1) is 0 Å². The standard InChI is InChI=1S/C18H26N6O/c1-12-10-13(2)23-18-15(12)17(21-11-22-18)20-6-3-7-24-8-4-14(5-9-24)16(19)25/h10-11,14H,3-9H2,1-2H3,(H2,19,25)(H,20,21,22,23). The molecule has 0 atom stereocenters. The van der Waals surface area contributed by atoms with E-state index < -0.39 is 0 Å². The molecule has 2 aromatic rings. The number of pyridine rings is 1. The van der Waals surface area contributed by atoms with Gasteiger partial charge in [-0.3, -0.25) is 4.79 Å². The highest BCUT2D eigenvalue weighted by Crippen LogP contribution is 2.22. The summed E-state index contributed by atoms with van der Waals surface area (Å²) in [6.07, 6.45) is 4.34. The number of piperidine rings is 1. The highest BCUT2D eigenvalue weighted by molar-refractivity contribution is 5.89. The quantitative estimate of drug-likeness (QED) is 0.775. The Bertz CT molecular complexity index is 755. The number of carbonyl (C=O) groups excluding carboxylic acids is 1. The van der Waals surface area contributed by atoms with Crippen LogP contribution >= 0.6 is 0 Å². The van der Waals surface area contributed by atoms with Crippen molar-refractivity contribution in [1.29, 1.82) is 0 Å². The van der Waals surface area contributed by atoms with E-state index in [2.05, 4.69) is 38.2 Å². The maximum Gasteiger partial charge on any atom is 0.220 e. The largest absolute Gasteiger partial charge is 0.369 e. The lowest BCUT2D eigenvalue weighted by molar-refractivity contribution is -0.123. The number of anilines is 1. The summed E-state index contributed by atoms with van der Waals surface area (Å²) in [5, 5.41) is 4.42. The van der Waals surface area contributed by atoms with Crippen LogP contribution < -0.4 is 11.1 Å². The van der Waals surface area contributed by atoms with Crippen LogP contribution in [-0.4, -0.2) is 51.9 Å². The van der Waals surface area contributed by atoms with Crippen LogP contribution in [0.3, 0.4) is 0 Å². The average molecular weight is 342 g/mol. The fraction of sp³-hybridized carbons (Fsp3) is 0.556. The monoisotopic (exact) mass is 342 g/mol. The van der Waals surface area contributed by atoms with E-state index >= 15 is 0 Å². The maximum absolute atomic E-state index is 11.2. The summed E-state index contributed by atoms with van der Waals surface area (Å²) in [5.41, 5.74) is 8.23. The van der Waals surface area contributed by atoms with Gasteiger partial charge < -0.3 is 16.0 Å². The number of amides is 1. The number of primary amides is 1. The Hall–Kier alpha value is -2.28. The third-order valence-electron chi connectivity index (χ3n) is 4.86. The number of hydrogen-bond acceptors (Lipinski definition) is 6. The first-order chi connectivity index (χ1) is 12.0. The molecular weight excluding hydrogens is 316 g/mol. The van der Waals surface area contributed by atoms with Crippen molar-refractivity contribution in [3.05, 3.63) is 23.7 Å². The van der Waals surface area contributed by atoms with Crippen LogP contribution in [0.15, 0.2) is 12.4 Å². The van der Waals surface area contributed by atoms with Gasteiger partial charge in [0.1, 0.15) is 12.1 Å². The molecule has 3 heterocycles. The van der Waals surface area contributed by atoms with Crippen molar-refractivity contribution in [3.63, 3.8) is 0 Å². The number of rotatable bonds is 6. The SMILES string of the molecule is Cc1cc(C)c2c(NCCCN3CCC(C(N)=O)CC3)ncnc2n1. The normalized spacial score (nSPS) is 16.2. The van der Waals surface area contributed by atoms with Crippen LogP contribution in [0.4, 0.5) is 5.82 Å². The third kappa shape index (κ3) is 4.22. The summed E-state index contributed by atoms with van der Waals surface area (Å²) >= 11 is 0. The molecule has 3 rings (SSSR count). The molecule has 0 radical (unpaired) electrons. The van der Waals surface area contributed by atoms with Crippen LogP contribution in [0.5, 0.6) is 0 Å². The van der Waals surface area contributed by atoms with Gasteiger partial charge in [0, 0.05) is 18.2 Å². The van der Waals surface area contributed by atoms with Gasteiger partial charge in [0.05, 0.1) is 5.39 Å². The zero-order valence-corrected chi connectivity index (χ0v) is 15.0. The second kappa shape index (κ2) is 7.74. The Balaban J connectivity index is 1.52. The van der Waals surface area contributed by atoms with Gasteiger partial charge in [-0.25, -0.2) is 15.0 Å². The summed E-state index contributed by atoms with van der Waals surface area (Å²) in [4.78, 5) is 26.8. The van der Waals surface area contributed by atoms with Crippen LogP contribution in [0, 0.1) is 19.8 Å². The molecule has 134 valence electrons. The summed E-state index contributed by atoms with van der Waals surface area (Å²) in [6.45, 7) is 7.79. The Morgan fingerprint density at radius 1 is 1.32 bits per heavy atom. The van der Waals surface area contributed by atoms with Crippen molar-refractivity contribution in [2.75, 3.05) is 31.5 Å². The molecule has 7 heteroatoms. The first kappa shape index (κ1) is 17.5. The van der Waals surface area contributed by atoms with E-state index in [1.807, 2.05) is 6.92 Å². The van der Waals surface area contributed by atoms with Crippen molar-refractivity contribution in [2.45, 2.75) is 33.1 Å². The number of nitrogens with zero attached hydrogens (tertiary/aromatic N) is 4. The predicted molar refractivity (Wildman–Crippen MR) is 98.3 cm³/mol. The Morgan fingerprint density at radius 2 is 2.08 bits per heavy atom. The van der Waals surface area contributed by atoms with E-state index in [1.165, 1.54) is 0 Å². The first-order valence-corrected chi connectivity index (χ1v) is 8.89. The predicted octanol–water partition coefficient (Wildman–Crippen LogP) is 1.64. The Labute approximate surface area is 148 Å². The topological polar surface area (TPSA) is 97.0 Å². The van der Waals surface area contributed by atoms with E-state index in [0.29, 0.717) is 0 Å². The molecule has 2 aromatic heterocycles. The van der Waals surface area contributed by atoms with Gasteiger partial charge >= 0.3 is 0 Å². The minimum atomic E-state index is -0.156. The van der Waals surface area contributed by atoms with Gasteiger partial charge in [0.15, 0.2) is 5.65 Å². The van der Waals surface area contributed by atoms with Crippen LogP contribution in [0.1, 0.15) is 30.5 Å². The minimum Gasteiger partial charge on any atom is -0.369 e. The number of aryl methyl sites for hydroxylation is 2. The smallest absolute Gasteiger partial charge is 0.220 e. The Kier molecular flexibility index (Phi) is 5.43. The number of nitrogens with one attached hydrogen (secondary N) is 1. The van der Waals surface area contributed by atoms with E-state index in [4.69, 9.17) is 5.73 Å². The molecular formula is C18H26N6O. The van der Waals surface area contributed by atoms with Gasteiger partial charge in [0.2, 0.25) is 5.91 Å². The zero-order chi connectivity index (χ0) is 17.8. The van der Waals surface area contributed by atoms with Crippen molar-refractivity contribution >= 4 is 22.8 Å². The molecule has 1 aliphatic rings. The van der Waals surface area contributed by atoms with Gasteiger partial charge in [0.25, 0.3) is 0 Å². The summed E-state index contributed by atoms with van der Waals surface area (Å²) in [7, 11) is 0. The Morgan fingerprint density at radius 3 is 2.80 bits per heavy atom. The van der Waals surface area contributed by atoms with E-state index in [-0.39, 0.29) is 11.8 Å². The first-order valence-electron chi connectivity index (χ1n) is 8.89. The number of likely N-dealkylation sites (tertiary alicyclic amines) is 1. The minimum absolute atomic E-state index is 0.0562. The molecule has 0 aromatic carbocycles. The molecule has 1 aliphatic heterocycles. The summed E-state index contributed by atoms with van der Waals surface area (Å²) in [6, 6.07) is 2.06. The second-order valence-corrected chi connectivity index (χ2v) is 6.80. The maximum atomic E-state index is 11.2. The van der Waals surface area contributed by atoms with Crippen molar-refractivity contribution in [2.24, 2.45) is 11.7 Å². The average Bonchev–Trinajstić information content (AvgIpc) is 2.58. The number of fused-ring (bicyclic) bond motifs is 1. The van der Waals surface area contributed by atoms with Gasteiger partial charge in [-0.2, -0.15) is 0 Å². The van der Waals surface area contributed by atoms with Gasteiger partial charge in [-0.1, -0.05) is 0 Å². The molecule has 1 fully saturated rings. The molecule has 0 bridgehead atoms. The van der Waals surface area contributed by atoms with Crippen LogP contribution in [-0.2, 0) is 4.79 Å². The summed E-state index contributed by atoms with van der Waals surface area (Å²) in [5.74, 6) is 0.749. The van der Waals surface area contributed by atoms with Crippen molar-refractivity contribution < 1.29 is 4.79 Å². The van der Waals surface area contributed by atoms with Crippen LogP contribution in [0.2, 0.25) is 0 Å². The molecule has 1 saturated heterocycles. The summed E-state index contributed by atoms with van der Waals surface area (Å²) < 4.78 is 0. The van der Waals surface area contributed by atoms with E-state index in [0.717, 1.165) is 73.6 Å². The van der Waals surface area contributed by atoms with Crippen molar-refractivity contribution in [1.82, 2.24) is 19.9 Å². The van der Waals surface area contributed by atoms with Crippen LogP contribution in [0.25, 0.3) is 11.0 Å². The third-order valence-corrected chi connectivity index (χ3v) is 4.86. The lowest BCUT2D eigenvalue weighted by atomic mass is 9.96. The molecule has 0 saturated carbocycles. The highest BCUT2D eigenvalue weighted by atomic mass is 16.1. The van der Waals surface area contributed by atoms with E-state index in [1.54, 1.807) is 6.33 Å². The van der Waals surface area contributed by atoms with Crippen molar-refractivity contribution in [3.8, 4) is 0 Å². The fourth-order valence-corrected chi connectivity index (χ4v) is 3.49. The lowest BCUT2D eigenvalue weighted by Gasteiger charge is -2.30. The second-order valence-electron chi connectivity index (χ2n) is 6.80. The lowest BCUT2D eigenvalue weighted by Crippen LogP contribution is -2.39. The number of nitrogens with two attached hydrogens (primary N) is 1. The zero-order valence-electron chi connectivity index (χ0n) is 15.0. The molecule has 0 spiro atoms. The van der Waals surface area contributed by atoms with Gasteiger partial charge in [-0.05, 0) is 64.4 Å². The van der Waals surface area contributed by atoms with E-state index in [9.17, 15) is 4.79 Å². The molecule has 0 aliphatic carbocycles. The number of hydrogen-bond donors (Lipinski definition) is 2. The highest BCUT2D eigenvalue weighted by Gasteiger charge is 2.22. The molecule has 25 heavy (non-hydrogen) atoms. The fourth-order valence-electron chi connectivity index (χ4n) is 3.49.